The summed E-state index contributed by atoms with van der Waals surface area (Å²) in [5.74, 6) is 0. The Bertz CT molecular complexity index is 250. The van der Waals surface area contributed by atoms with Crippen LogP contribution in [0, 0.1) is 0 Å². The van der Waals surface area contributed by atoms with E-state index in [1.54, 1.807) is 0 Å². The second-order valence-corrected chi connectivity index (χ2v) is 24.9. The Morgan fingerprint density at radius 1 is 0.619 bits per heavy atom. The van der Waals surface area contributed by atoms with E-state index >= 15 is 0 Å². The molecule has 0 aromatic heterocycles. The molecule has 0 aromatic carbocycles. The average molecular weight is 367 g/mol. The molecule has 0 aliphatic rings. The molecule has 0 fully saturated rings. The van der Waals surface area contributed by atoms with Crippen LogP contribution in [0.2, 0.25) is 22.2 Å². The molecular formula is C16H40OP2Si2. The summed E-state index contributed by atoms with van der Waals surface area (Å²) in [6.07, 6.45) is 2.61. The van der Waals surface area contributed by atoms with E-state index < -0.39 is 16.0 Å². The fraction of sp³-hybridized carbons (Fsp3) is 1.00. The molecular weight excluding hydrogens is 326 g/mol. The van der Waals surface area contributed by atoms with Gasteiger partial charge in [-0.15, -0.1) is 16.3 Å². The van der Waals surface area contributed by atoms with Gasteiger partial charge in [-0.1, -0.05) is 69.2 Å². The van der Waals surface area contributed by atoms with Crippen LogP contribution in [0.5, 0.6) is 0 Å². The molecule has 128 valence electrons. The Morgan fingerprint density at radius 3 is 1.00 bits per heavy atom. The maximum atomic E-state index is 7.45. The monoisotopic (exact) mass is 366 g/mol. The van der Waals surface area contributed by atoms with Crippen LogP contribution in [0.4, 0.5) is 0 Å². The van der Waals surface area contributed by atoms with Gasteiger partial charge < -0.3 is 4.12 Å². The maximum Gasteiger partial charge on any atom is 0.208 e. The molecule has 0 N–H and O–H groups in total. The predicted molar refractivity (Wildman–Crippen MR) is 111 cm³/mol. The van der Waals surface area contributed by atoms with Crippen molar-refractivity contribution in [2.75, 3.05) is 12.3 Å². The maximum absolute atomic E-state index is 7.45. The first kappa shape index (κ1) is 22.3. The number of rotatable bonds is 10. The highest BCUT2D eigenvalue weighted by Crippen LogP contribution is 2.55. The quantitative estimate of drug-likeness (QED) is 0.301. The molecule has 0 aliphatic heterocycles. The average Bonchev–Trinajstić information content (AvgIpc) is 2.35. The van der Waals surface area contributed by atoms with Crippen LogP contribution in [0.3, 0.4) is 0 Å². The zero-order valence-corrected chi connectivity index (χ0v) is 20.1. The van der Waals surface area contributed by atoms with Gasteiger partial charge in [-0.3, -0.25) is 0 Å². The first-order valence-electron chi connectivity index (χ1n) is 8.80. The van der Waals surface area contributed by atoms with Crippen molar-refractivity contribution >= 4 is 32.2 Å². The normalized spacial score (nSPS) is 15.1. The molecule has 0 aliphatic carbocycles. The molecule has 5 heteroatoms. The lowest BCUT2D eigenvalue weighted by Crippen LogP contribution is -2.53. The van der Waals surface area contributed by atoms with E-state index in [0.29, 0.717) is 0 Å². The highest BCUT2D eigenvalue weighted by atomic mass is 31.4. The summed E-state index contributed by atoms with van der Waals surface area (Å²) in [5.41, 5.74) is 2.95. The van der Waals surface area contributed by atoms with Crippen LogP contribution < -0.4 is 0 Å². The highest BCUT2D eigenvalue weighted by Gasteiger charge is 2.51. The van der Waals surface area contributed by atoms with Gasteiger partial charge in [0.25, 0.3) is 0 Å². The number of hydrogen-bond donors (Lipinski definition) is 0. The largest absolute Gasteiger partial charge is 0.448 e. The minimum atomic E-state index is -1.65. The van der Waals surface area contributed by atoms with E-state index in [9.17, 15) is 0 Å². The van der Waals surface area contributed by atoms with Crippen molar-refractivity contribution in [1.29, 1.82) is 0 Å². The van der Waals surface area contributed by atoms with Crippen molar-refractivity contribution in [3.8, 4) is 0 Å². The van der Waals surface area contributed by atoms with Crippen LogP contribution in [-0.2, 0) is 4.12 Å². The smallest absolute Gasteiger partial charge is 0.208 e. The van der Waals surface area contributed by atoms with Gasteiger partial charge in [0.1, 0.15) is 0 Å². The Hall–Kier alpha value is 1.25. The minimum absolute atomic E-state index is 0.738. The summed E-state index contributed by atoms with van der Waals surface area (Å²) >= 11 is 0. The van der Waals surface area contributed by atoms with Crippen molar-refractivity contribution < 1.29 is 4.12 Å². The summed E-state index contributed by atoms with van der Waals surface area (Å²) < 4.78 is 7.45. The van der Waals surface area contributed by atoms with Crippen molar-refractivity contribution in [3.05, 3.63) is 0 Å². The van der Waals surface area contributed by atoms with Crippen LogP contribution in [-0.4, -0.2) is 28.3 Å². The van der Waals surface area contributed by atoms with Crippen LogP contribution in [0.25, 0.3) is 0 Å². The van der Waals surface area contributed by atoms with E-state index in [2.05, 4.69) is 69.2 Å². The molecule has 21 heavy (non-hydrogen) atoms. The Balaban J connectivity index is 5.79. The third-order valence-corrected chi connectivity index (χ3v) is 30.3. The van der Waals surface area contributed by atoms with Crippen molar-refractivity contribution in [2.24, 2.45) is 0 Å². The van der Waals surface area contributed by atoms with E-state index in [0.717, 1.165) is 38.4 Å². The number of hydrogen-bond acceptors (Lipinski definition) is 1. The first-order chi connectivity index (χ1) is 9.60. The van der Waals surface area contributed by atoms with E-state index in [-0.39, 0.29) is 0 Å². The van der Waals surface area contributed by atoms with Crippen molar-refractivity contribution in [2.45, 2.75) is 91.4 Å². The summed E-state index contributed by atoms with van der Waals surface area (Å²) in [7, 11) is -1.19. The fourth-order valence-electron chi connectivity index (χ4n) is 3.53. The Morgan fingerprint density at radius 2 is 0.857 bits per heavy atom. The van der Waals surface area contributed by atoms with Crippen LogP contribution >= 0.6 is 16.3 Å². The topological polar surface area (TPSA) is 9.23 Å². The third kappa shape index (κ3) is 5.11. The summed E-state index contributed by atoms with van der Waals surface area (Å²) in [6, 6.07) is 0. The minimum Gasteiger partial charge on any atom is -0.448 e. The molecule has 0 bridgehead atoms. The molecule has 2 unspecified atom stereocenters. The molecule has 0 heterocycles. The van der Waals surface area contributed by atoms with Gasteiger partial charge in [-0.25, -0.2) is 0 Å². The molecule has 0 saturated heterocycles. The molecule has 0 aromatic rings. The third-order valence-electron chi connectivity index (χ3n) is 4.67. The predicted octanol–water partition coefficient (Wildman–Crippen LogP) is 6.92. The summed E-state index contributed by atoms with van der Waals surface area (Å²) in [4.78, 5) is 0. The second kappa shape index (κ2) is 9.53. The molecule has 0 rings (SSSR count). The molecule has 0 amide bonds. The van der Waals surface area contributed by atoms with Gasteiger partial charge in [-0.2, -0.15) is 0 Å². The van der Waals surface area contributed by atoms with Crippen molar-refractivity contribution in [1.82, 2.24) is 0 Å². The van der Waals surface area contributed by atoms with E-state index in [1.165, 1.54) is 12.3 Å². The van der Waals surface area contributed by atoms with Crippen molar-refractivity contribution in [3.63, 3.8) is 0 Å². The second-order valence-electron chi connectivity index (χ2n) is 7.37. The van der Waals surface area contributed by atoms with Crippen LogP contribution in [0.15, 0.2) is 0 Å². The van der Waals surface area contributed by atoms with Gasteiger partial charge in [0.05, 0.1) is 0 Å². The van der Waals surface area contributed by atoms with Gasteiger partial charge in [-0.05, 0) is 34.5 Å². The zero-order chi connectivity index (χ0) is 16.8. The standard InChI is InChI=1S/C16H40OP2Si2/c1-11-18-20(13(3)4,14(5)6)17-21(15(7)8,16(9)10)19-12-2/h13-16,18-19H,11-12H2,1-10H3. The highest BCUT2D eigenvalue weighted by molar-refractivity contribution is 7.85. The lowest BCUT2D eigenvalue weighted by molar-refractivity contribution is 0.500. The zero-order valence-electron chi connectivity index (χ0n) is 16.1. The Labute approximate surface area is 140 Å². The van der Waals surface area contributed by atoms with Gasteiger partial charge in [0.2, 0.25) is 16.0 Å². The lowest BCUT2D eigenvalue weighted by Gasteiger charge is -2.50. The molecule has 0 radical (unpaired) electrons. The van der Waals surface area contributed by atoms with Gasteiger partial charge >= 0.3 is 0 Å². The molecule has 0 saturated carbocycles. The van der Waals surface area contributed by atoms with Gasteiger partial charge in [0.15, 0.2) is 0 Å². The lowest BCUT2D eigenvalue weighted by atomic mass is 10.5. The molecule has 0 spiro atoms. The molecule has 1 nitrogen and oxygen atoms in total. The Kier molecular flexibility index (Phi) is 10.1. The first-order valence-corrected chi connectivity index (χ1v) is 17.3. The van der Waals surface area contributed by atoms with E-state index in [4.69, 9.17) is 4.12 Å². The van der Waals surface area contributed by atoms with E-state index in [1.807, 2.05) is 0 Å². The molecule has 2 atom stereocenters. The van der Waals surface area contributed by atoms with Gasteiger partial charge in [0, 0.05) is 0 Å². The van der Waals surface area contributed by atoms with Crippen LogP contribution in [0.1, 0.15) is 69.2 Å². The fourth-order valence-corrected chi connectivity index (χ4v) is 29.0. The SMILES string of the molecule is CCP[Si](O[Si](PCC)(C(C)C)C(C)C)(C(C)C)C(C)C. The summed E-state index contributed by atoms with van der Waals surface area (Å²) in [5, 5.41) is 0. The summed E-state index contributed by atoms with van der Waals surface area (Å²) in [6.45, 7) is 24.2.